The fraction of sp³-hybridized carbons (Fsp3) is 0.273. The topological polar surface area (TPSA) is 77.1 Å². The van der Waals surface area contributed by atoms with E-state index >= 15 is 0 Å². The minimum atomic E-state index is -0.345. The number of amides is 2. The lowest BCUT2D eigenvalue weighted by Crippen LogP contribution is -2.33. The van der Waals surface area contributed by atoms with Crippen LogP contribution in [0.2, 0.25) is 0 Å². The van der Waals surface area contributed by atoms with Crippen molar-refractivity contribution in [2.75, 3.05) is 25.8 Å². The number of imide groups is 1. The van der Waals surface area contributed by atoms with Crippen molar-refractivity contribution < 1.29 is 23.8 Å². The summed E-state index contributed by atoms with van der Waals surface area (Å²) < 4.78 is 16.2. The average Bonchev–Trinajstić information content (AvgIpc) is 3.29. The van der Waals surface area contributed by atoms with Gasteiger partial charge in [0.1, 0.15) is 11.4 Å². The van der Waals surface area contributed by atoms with Gasteiger partial charge in [0.25, 0.3) is 11.8 Å². The third-order valence-corrected chi connectivity index (χ3v) is 4.92. The highest BCUT2D eigenvalue weighted by molar-refractivity contribution is 6.37. The van der Waals surface area contributed by atoms with Crippen molar-refractivity contribution in [3.05, 3.63) is 53.7 Å². The number of methoxy groups -OCH3 is 1. The third kappa shape index (κ3) is 3.40. The molecule has 0 saturated carbocycles. The summed E-state index contributed by atoms with van der Waals surface area (Å²) in [7, 11) is 1.54. The molecule has 2 aliphatic heterocycles. The Bertz CT molecular complexity index is 998. The fourth-order valence-electron chi connectivity index (χ4n) is 3.43. The van der Waals surface area contributed by atoms with Gasteiger partial charge < -0.3 is 19.5 Å². The SMILES string of the molecule is CCCCN1C(=O)C(Nc2ccc3c(c2)OCO3)=C(c2ccccc2OC)C1=O. The van der Waals surface area contributed by atoms with Gasteiger partial charge in [-0.2, -0.15) is 0 Å². The van der Waals surface area contributed by atoms with E-state index < -0.39 is 0 Å². The third-order valence-electron chi connectivity index (χ3n) is 4.92. The highest BCUT2D eigenvalue weighted by Gasteiger charge is 2.39. The van der Waals surface area contributed by atoms with E-state index in [9.17, 15) is 9.59 Å². The van der Waals surface area contributed by atoms with Crippen LogP contribution in [0.1, 0.15) is 25.3 Å². The molecule has 29 heavy (non-hydrogen) atoms. The summed E-state index contributed by atoms with van der Waals surface area (Å²) in [6, 6.07) is 12.5. The smallest absolute Gasteiger partial charge is 0.278 e. The molecule has 0 fully saturated rings. The van der Waals surface area contributed by atoms with Crippen molar-refractivity contribution in [1.29, 1.82) is 0 Å². The second-order valence-corrected chi connectivity index (χ2v) is 6.76. The Labute approximate surface area is 168 Å². The molecule has 1 N–H and O–H groups in total. The van der Waals surface area contributed by atoms with Gasteiger partial charge in [-0.3, -0.25) is 14.5 Å². The van der Waals surface area contributed by atoms with E-state index in [0.717, 1.165) is 12.8 Å². The Morgan fingerprint density at radius 2 is 1.86 bits per heavy atom. The predicted octanol–water partition coefficient (Wildman–Crippen LogP) is 3.42. The van der Waals surface area contributed by atoms with Crippen LogP contribution >= 0.6 is 0 Å². The zero-order valence-corrected chi connectivity index (χ0v) is 16.4. The molecule has 0 spiro atoms. The van der Waals surface area contributed by atoms with E-state index in [1.807, 2.05) is 19.1 Å². The molecule has 7 nitrogen and oxygen atoms in total. The number of fused-ring (bicyclic) bond motifs is 1. The minimum Gasteiger partial charge on any atom is -0.496 e. The van der Waals surface area contributed by atoms with E-state index in [-0.39, 0.29) is 24.3 Å². The summed E-state index contributed by atoms with van der Waals surface area (Å²) >= 11 is 0. The maximum Gasteiger partial charge on any atom is 0.278 e. The highest BCUT2D eigenvalue weighted by Crippen LogP contribution is 2.38. The maximum absolute atomic E-state index is 13.2. The monoisotopic (exact) mass is 394 g/mol. The number of carbonyl (C=O) groups is 2. The summed E-state index contributed by atoms with van der Waals surface area (Å²) in [6.07, 6.45) is 1.62. The zero-order chi connectivity index (χ0) is 20.4. The average molecular weight is 394 g/mol. The number of carbonyl (C=O) groups excluding carboxylic acids is 2. The van der Waals surface area contributed by atoms with Crippen molar-refractivity contribution in [3.63, 3.8) is 0 Å². The first kappa shape index (κ1) is 18.9. The first-order valence-electron chi connectivity index (χ1n) is 9.54. The van der Waals surface area contributed by atoms with Crippen LogP contribution in [-0.4, -0.2) is 37.2 Å². The Morgan fingerprint density at radius 3 is 2.66 bits per heavy atom. The zero-order valence-electron chi connectivity index (χ0n) is 16.4. The second-order valence-electron chi connectivity index (χ2n) is 6.76. The van der Waals surface area contributed by atoms with Crippen LogP contribution in [0.5, 0.6) is 17.2 Å². The predicted molar refractivity (Wildman–Crippen MR) is 108 cm³/mol. The number of nitrogens with zero attached hydrogens (tertiary/aromatic N) is 1. The van der Waals surface area contributed by atoms with E-state index in [4.69, 9.17) is 14.2 Å². The molecule has 0 unspecified atom stereocenters. The molecule has 150 valence electrons. The quantitative estimate of drug-likeness (QED) is 0.725. The lowest BCUT2D eigenvalue weighted by atomic mass is 10.0. The normalized spacial score (nSPS) is 15.3. The van der Waals surface area contributed by atoms with Gasteiger partial charge in [-0.1, -0.05) is 31.5 Å². The standard InChI is InChI=1S/C22H22N2O5/c1-3-4-11-24-21(25)19(15-7-5-6-8-16(15)27-2)20(22(24)26)23-14-9-10-17-18(12-14)29-13-28-17/h5-10,12,23H,3-4,11,13H2,1-2H3. The second kappa shape index (κ2) is 7.87. The number of ether oxygens (including phenoxy) is 3. The molecule has 2 heterocycles. The molecule has 0 bridgehead atoms. The van der Waals surface area contributed by atoms with E-state index in [0.29, 0.717) is 40.6 Å². The summed E-state index contributed by atoms with van der Waals surface area (Å²) in [4.78, 5) is 27.6. The van der Waals surface area contributed by atoms with Gasteiger partial charge in [-0.15, -0.1) is 0 Å². The van der Waals surface area contributed by atoms with Gasteiger partial charge >= 0.3 is 0 Å². The van der Waals surface area contributed by atoms with Crippen LogP contribution in [0.3, 0.4) is 0 Å². The molecule has 7 heteroatoms. The number of benzene rings is 2. The Hall–Kier alpha value is -3.48. The Balaban J connectivity index is 1.77. The minimum absolute atomic E-state index is 0.163. The van der Waals surface area contributed by atoms with E-state index in [1.165, 1.54) is 4.90 Å². The first-order chi connectivity index (χ1) is 14.1. The Kier molecular flexibility index (Phi) is 5.12. The molecule has 0 radical (unpaired) electrons. The lowest BCUT2D eigenvalue weighted by molar-refractivity contribution is -0.136. The van der Waals surface area contributed by atoms with Crippen molar-refractivity contribution in [1.82, 2.24) is 4.90 Å². The summed E-state index contributed by atoms with van der Waals surface area (Å²) in [5, 5.41) is 3.13. The molecular weight excluding hydrogens is 372 g/mol. The van der Waals surface area contributed by atoms with Gasteiger partial charge in [0.2, 0.25) is 6.79 Å². The fourth-order valence-corrected chi connectivity index (χ4v) is 3.43. The lowest BCUT2D eigenvalue weighted by Gasteiger charge is -2.14. The number of hydrogen-bond acceptors (Lipinski definition) is 6. The van der Waals surface area contributed by atoms with Crippen molar-refractivity contribution in [3.8, 4) is 17.2 Å². The molecule has 0 saturated heterocycles. The number of nitrogens with one attached hydrogen (secondary N) is 1. The molecule has 0 aliphatic carbocycles. The Morgan fingerprint density at radius 1 is 1.07 bits per heavy atom. The van der Waals surface area contributed by atoms with Gasteiger partial charge in [-0.25, -0.2) is 0 Å². The van der Waals surface area contributed by atoms with Crippen LogP contribution in [-0.2, 0) is 9.59 Å². The number of hydrogen-bond donors (Lipinski definition) is 1. The number of rotatable bonds is 7. The van der Waals surface area contributed by atoms with Crippen LogP contribution in [0, 0.1) is 0 Å². The maximum atomic E-state index is 13.2. The van der Waals surface area contributed by atoms with Crippen LogP contribution < -0.4 is 19.5 Å². The van der Waals surface area contributed by atoms with Gasteiger partial charge in [-0.05, 0) is 24.6 Å². The highest BCUT2D eigenvalue weighted by atomic mass is 16.7. The number of unbranched alkanes of at least 4 members (excludes halogenated alkanes) is 1. The van der Waals surface area contributed by atoms with Gasteiger partial charge in [0.05, 0.1) is 12.7 Å². The molecule has 2 amide bonds. The number of para-hydroxylation sites is 1. The van der Waals surface area contributed by atoms with Crippen LogP contribution in [0.15, 0.2) is 48.2 Å². The molecule has 0 aromatic heterocycles. The number of anilines is 1. The summed E-state index contributed by atoms with van der Waals surface area (Å²) in [5.74, 6) is 1.10. The summed E-state index contributed by atoms with van der Waals surface area (Å²) in [6.45, 7) is 2.56. The molecule has 4 rings (SSSR count). The molecule has 2 aromatic rings. The van der Waals surface area contributed by atoms with Crippen molar-refractivity contribution in [2.45, 2.75) is 19.8 Å². The van der Waals surface area contributed by atoms with Crippen LogP contribution in [0.25, 0.3) is 5.57 Å². The first-order valence-corrected chi connectivity index (χ1v) is 9.54. The van der Waals surface area contributed by atoms with Crippen molar-refractivity contribution in [2.24, 2.45) is 0 Å². The van der Waals surface area contributed by atoms with Gasteiger partial charge in [0.15, 0.2) is 11.5 Å². The van der Waals surface area contributed by atoms with E-state index in [1.54, 1.807) is 37.4 Å². The largest absolute Gasteiger partial charge is 0.496 e. The van der Waals surface area contributed by atoms with Crippen LogP contribution in [0.4, 0.5) is 5.69 Å². The molecule has 0 atom stereocenters. The van der Waals surface area contributed by atoms with Crippen molar-refractivity contribution >= 4 is 23.1 Å². The van der Waals surface area contributed by atoms with Gasteiger partial charge in [0, 0.05) is 23.9 Å². The van der Waals surface area contributed by atoms with E-state index in [2.05, 4.69) is 5.32 Å². The molecule has 2 aromatic carbocycles. The molecular formula is C22H22N2O5. The molecule has 2 aliphatic rings. The summed E-state index contributed by atoms with van der Waals surface area (Å²) in [5.41, 5.74) is 1.75.